The van der Waals surface area contributed by atoms with Gasteiger partial charge in [0, 0.05) is 26.9 Å². The maximum absolute atomic E-state index is 13.5. The Balaban J connectivity index is 1.94. The number of Topliss-reactive ketones (excluding diaryl/α,β-unsaturated/α-hetero) is 2. The Hall–Kier alpha value is -3.70. The van der Waals surface area contributed by atoms with E-state index in [2.05, 4.69) is 21.2 Å². The van der Waals surface area contributed by atoms with E-state index in [0.29, 0.717) is 15.7 Å². The van der Waals surface area contributed by atoms with E-state index in [0.717, 1.165) is 0 Å². The van der Waals surface area contributed by atoms with Crippen LogP contribution < -0.4 is 11.1 Å². The second kappa shape index (κ2) is 5.65. The van der Waals surface area contributed by atoms with Gasteiger partial charge in [-0.1, -0.05) is 46.3 Å². The molecular weight excluding hydrogens is 438 g/mol. The molecule has 1 atom stereocenters. The highest BCUT2D eigenvalue weighted by molar-refractivity contribution is 9.10. The number of ether oxygens (including phenoxy) is 1. The molecular formula is C21H10BrN3O4. The van der Waals surface area contributed by atoms with Crippen LogP contribution in [-0.4, -0.2) is 17.5 Å². The van der Waals surface area contributed by atoms with Crippen LogP contribution in [0.1, 0.15) is 26.3 Å². The number of benzene rings is 2. The Morgan fingerprint density at radius 2 is 1.72 bits per heavy atom. The summed E-state index contributed by atoms with van der Waals surface area (Å²) in [6, 6.07) is 13.2. The summed E-state index contributed by atoms with van der Waals surface area (Å²) in [5.74, 6) is -2.48. The first-order chi connectivity index (χ1) is 13.9. The molecule has 7 nitrogen and oxygen atoms in total. The van der Waals surface area contributed by atoms with E-state index in [-0.39, 0.29) is 33.9 Å². The summed E-state index contributed by atoms with van der Waals surface area (Å²) < 4.78 is 5.96. The van der Waals surface area contributed by atoms with Crippen molar-refractivity contribution in [2.45, 2.75) is 5.41 Å². The lowest BCUT2D eigenvalue weighted by Gasteiger charge is -2.37. The molecule has 0 saturated carbocycles. The lowest BCUT2D eigenvalue weighted by Crippen LogP contribution is -2.48. The molecule has 0 unspecified atom stereocenters. The zero-order valence-electron chi connectivity index (χ0n) is 14.6. The number of nitrogens with zero attached hydrogens (tertiary/aromatic N) is 1. The summed E-state index contributed by atoms with van der Waals surface area (Å²) in [6.07, 6.45) is 0. The molecule has 2 heterocycles. The van der Waals surface area contributed by atoms with Gasteiger partial charge >= 0.3 is 0 Å². The highest BCUT2D eigenvalue weighted by Crippen LogP contribution is 2.55. The lowest BCUT2D eigenvalue weighted by atomic mass is 9.64. The van der Waals surface area contributed by atoms with Crippen LogP contribution in [0.2, 0.25) is 0 Å². The fourth-order valence-electron chi connectivity index (χ4n) is 4.22. The predicted molar refractivity (Wildman–Crippen MR) is 104 cm³/mol. The normalized spacial score (nSPS) is 22.0. The molecule has 0 bridgehead atoms. The number of carbonyl (C=O) groups is 3. The largest absolute Gasteiger partial charge is 0.436 e. The second-order valence-corrected chi connectivity index (χ2v) is 7.58. The number of halogens is 1. The first-order valence-corrected chi connectivity index (χ1v) is 9.34. The van der Waals surface area contributed by atoms with Gasteiger partial charge in [-0.25, -0.2) is 0 Å². The van der Waals surface area contributed by atoms with Crippen molar-refractivity contribution in [3.8, 4) is 6.07 Å². The Morgan fingerprint density at radius 3 is 2.41 bits per heavy atom. The molecule has 2 aromatic rings. The SMILES string of the molecule is N#CC1=C(N)OC2=C(C(=O)c3ccccc3C2=O)[C@@]12C(=O)Nc1cccc(Br)c12. The number of hydrogen-bond acceptors (Lipinski definition) is 6. The number of hydrogen-bond donors (Lipinski definition) is 2. The molecule has 1 amide bonds. The molecule has 5 rings (SSSR count). The van der Waals surface area contributed by atoms with E-state index in [1.807, 2.05) is 6.07 Å². The van der Waals surface area contributed by atoms with Crippen molar-refractivity contribution >= 4 is 39.1 Å². The van der Waals surface area contributed by atoms with Crippen molar-refractivity contribution < 1.29 is 19.1 Å². The van der Waals surface area contributed by atoms with E-state index in [1.165, 1.54) is 12.1 Å². The van der Waals surface area contributed by atoms with Gasteiger partial charge in [0.15, 0.2) is 11.5 Å². The fourth-order valence-corrected chi connectivity index (χ4v) is 4.88. The van der Waals surface area contributed by atoms with Gasteiger partial charge in [-0.2, -0.15) is 5.26 Å². The molecule has 29 heavy (non-hydrogen) atoms. The minimum atomic E-state index is -1.89. The van der Waals surface area contributed by atoms with Crippen LogP contribution in [0.5, 0.6) is 0 Å². The van der Waals surface area contributed by atoms with Gasteiger partial charge in [-0.3, -0.25) is 14.4 Å². The van der Waals surface area contributed by atoms with Crippen molar-refractivity contribution in [1.29, 1.82) is 5.26 Å². The molecule has 0 saturated heterocycles. The van der Waals surface area contributed by atoms with Crippen molar-refractivity contribution in [3.05, 3.63) is 86.4 Å². The van der Waals surface area contributed by atoms with Crippen LogP contribution in [0.15, 0.2) is 69.7 Å². The molecule has 8 heteroatoms. The molecule has 3 aliphatic rings. The maximum Gasteiger partial charge on any atom is 0.245 e. The lowest BCUT2D eigenvalue weighted by molar-refractivity contribution is -0.118. The summed E-state index contributed by atoms with van der Waals surface area (Å²) in [4.78, 5) is 40.0. The number of amides is 1. The molecule has 2 aromatic carbocycles. The number of fused-ring (bicyclic) bond motifs is 4. The Labute approximate surface area is 172 Å². The molecule has 140 valence electrons. The molecule has 3 N–H and O–H groups in total. The van der Waals surface area contributed by atoms with Crippen LogP contribution in [-0.2, 0) is 14.9 Å². The monoisotopic (exact) mass is 447 g/mol. The van der Waals surface area contributed by atoms with Crippen molar-refractivity contribution in [2.75, 3.05) is 5.32 Å². The van der Waals surface area contributed by atoms with Gasteiger partial charge in [0.2, 0.25) is 17.6 Å². The van der Waals surface area contributed by atoms with Gasteiger partial charge < -0.3 is 15.8 Å². The van der Waals surface area contributed by atoms with Gasteiger partial charge in [-0.15, -0.1) is 0 Å². The average molecular weight is 448 g/mol. The number of carbonyl (C=O) groups excluding carboxylic acids is 3. The van der Waals surface area contributed by atoms with E-state index >= 15 is 0 Å². The number of rotatable bonds is 0. The third-order valence-electron chi connectivity index (χ3n) is 5.37. The van der Waals surface area contributed by atoms with Gasteiger partial charge in [0.05, 0.1) is 5.57 Å². The number of allylic oxidation sites excluding steroid dienone is 1. The number of anilines is 1. The zero-order valence-corrected chi connectivity index (χ0v) is 16.2. The third-order valence-corrected chi connectivity index (χ3v) is 6.04. The Morgan fingerprint density at radius 1 is 1.03 bits per heavy atom. The third kappa shape index (κ3) is 1.92. The van der Waals surface area contributed by atoms with Crippen molar-refractivity contribution in [3.63, 3.8) is 0 Å². The summed E-state index contributed by atoms with van der Waals surface area (Å²) >= 11 is 3.42. The number of nitrogens with one attached hydrogen (secondary N) is 1. The van der Waals surface area contributed by atoms with Crippen LogP contribution in [0.3, 0.4) is 0 Å². The molecule has 1 spiro atoms. The van der Waals surface area contributed by atoms with Gasteiger partial charge in [-0.05, 0) is 12.1 Å². The first kappa shape index (κ1) is 17.4. The van der Waals surface area contributed by atoms with Gasteiger partial charge in [0.1, 0.15) is 17.1 Å². The molecule has 1 aliphatic carbocycles. The Bertz CT molecular complexity index is 1300. The van der Waals surface area contributed by atoms with Crippen LogP contribution in [0.4, 0.5) is 5.69 Å². The smallest absolute Gasteiger partial charge is 0.245 e. The second-order valence-electron chi connectivity index (χ2n) is 6.73. The van der Waals surface area contributed by atoms with Crippen molar-refractivity contribution in [2.24, 2.45) is 5.73 Å². The molecule has 0 radical (unpaired) electrons. The average Bonchev–Trinajstić information content (AvgIpc) is 2.99. The van der Waals surface area contributed by atoms with E-state index in [9.17, 15) is 19.6 Å². The minimum Gasteiger partial charge on any atom is -0.436 e. The highest BCUT2D eigenvalue weighted by atomic mass is 79.9. The quantitative estimate of drug-likeness (QED) is 0.639. The van der Waals surface area contributed by atoms with Gasteiger partial charge in [0.25, 0.3) is 0 Å². The summed E-state index contributed by atoms with van der Waals surface area (Å²) in [5, 5.41) is 12.6. The summed E-state index contributed by atoms with van der Waals surface area (Å²) in [7, 11) is 0. The standard InChI is InChI=1S/C21H10BrN3O4/c22-12-6-3-7-13-14(12)21(20(28)25-13)11(8-23)19(24)29-18-15(21)16(26)9-4-1-2-5-10(9)17(18)27/h1-7H,24H2,(H,25,28)/t21-/m1/s1. The summed E-state index contributed by atoms with van der Waals surface area (Å²) in [6.45, 7) is 0. The first-order valence-electron chi connectivity index (χ1n) is 8.54. The summed E-state index contributed by atoms with van der Waals surface area (Å²) in [5.41, 5.74) is 4.73. The number of nitrogens with two attached hydrogens (primary N) is 1. The topological polar surface area (TPSA) is 122 Å². The molecule has 2 aliphatic heterocycles. The number of ketones is 2. The van der Waals surface area contributed by atoms with E-state index < -0.39 is 22.9 Å². The predicted octanol–water partition coefficient (Wildman–Crippen LogP) is 2.70. The highest BCUT2D eigenvalue weighted by Gasteiger charge is 2.62. The maximum atomic E-state index is 13.5. The minimum absolute atomic E-state index is 0.144. The molecule has 0 aromatic heterocycles. The van der Waals surface area contributed by atoms with Crippen LogP contribution in [0.25, 0.3) is 0 Å². The van der Waals surface area contributed by atoms with Crippen molar-refractivity contribution in [1.82, 2.24) is 0 Å². The van der Waals surface area contributed by atoms with E-state index in [4.69, 9.17) is 10.5 Å². The van der Waals surface area contributed by atoms with Crippen LogP contribution in [0, 0.1) is 11.3 Å². The van der Waals surface area contributed by atoms with Crippen LogP contribution >= 0.6 is 15.9 Å². The number of nitriles is 1. The zero-order chi connectivity index (χ0) is 20.5. The Kier molecular flexibility index (Phi) is 3.39. The molecule has 0 fully saturated rings. The fraction of sp³-hybridized carbons (Fsp3) is 0.0476. The van der Waals surface area contributed by atoms with E-state index in [1.54, 1.807) is 30.3 Å².